The van der Waals surface area contributed by atoms with E-state index in [1.54, 1.807) is 32.7 Å². The molecule has 0 saturated heterocycles. The summed E-state index contributed by atoms with van der Waals surface area (Å²) in [5, 5.41) is 11.8. The summed E-state index contributed by atoms with van der Waals surface area (Å²) in [6.45, 7) is 9.41. The number of aliphatic carboxylic acids is 1. The Morgan fingerprint density at radius 2 is 1.67 bits per heavy atom. The van der Waals surface area contributed by atoms with Gasteiger partial charge in [0.05, 0.1) is 0 Å². The molecule has 0 saturated carbocycles. The van der Waals surface area contributed by atoms with E-state index in [2.05, 4.69) is 5.32 Å². The lowest BCUT2D eigenvalue weighted by molar-refractivity contribution is -0.142. The van der Waals surface area contributed by atoms with Crippen LogP contribution >= 0.6 is 0 Å². The first-order valence-electron chi connectivity index (χ1n) is 6.41. The molecular formula is C13H26N2O3. The van der Waals surface area contributed by atoms with Crippen LogP contribution in [0.5, 0.6) is 0 Å². The minimum absolute atomic E-state index is 0.138. The number of carboxylic acid groups (broad SMARTS) is 1. The number of carbonyl (C=O) groups excluding carboxylic acids is 1. The third-order valence-corrected chi connectivity index (χ3v) is 3.19. The van der Waals surface area contributed by atoms with Crippen molar-refractivity contribution in [1.29, 1.82) is 0 Å². The summed E-state index contributed by atoms with van der Waals surface area (Å²) >= 11 is 0. The number of nitrogens with one attached hydrogen (secondary N) is 1. The molecular weight excluding hydrogens is 232 g/mol. The van der Waals surface area contributed by atoms with Crippen molar-refractivity contribution in [3.63, 3.8) is 0 Å². The van der Waals surface area contributed by atoms with Crippen molar-refractivity contribution in [3.05, 3.63) is 0 Å². The molecule has 0 aromatic carbocycles. The standard InChI is InChI=1S/C13H26N2O3/c1-7-9(8-2)15(6)12(18)14-10(11(16)17)13(3,4)5/h9-10H,7-8H2,1-6H3,(H,14,18)(H,16,17)/t10-/m0/s1. The zero-order valence-electron chi connectivity index (χ0n) is 12.3. The molecule has 5 nitrogen and oxygen atoms in total. The molecule has 5 heteroatoms. The van der Waals surface area contributed by atoms with Gasteiger partial charge in [-0.3, -0.25) is 0 Å². The molecule has 0 aromatic rings. The van der Waals surface area contributed by atoms with Crippen LogP contribution in [0.4, 0.5) is 4.79 Å². The summed E-state index contributed by atoms with van der Waals surface area (Å²) < 4.78 is 0. The molecule has 0 aliphatic carbocycles. The maximum absolute atomic E-state index is 12.0. The predicted molar refractivity (Wildman–Crippen MR) is 71.5 cm³/mol. The van der Waals surface area contributed by atoms with Crippen LogP contribution in [0.3, 0.4) is 0 Å². The molecule has 0 spiro atoms. The van der Waals surface area contributed by atoms with Crippen LogP contribution in [0, 0.1) is 5.41 Å². The van der Waals surface area contributed by atoms with Crippen LogP contribution in [-0.4, -0.2) is 41.1 Å². The zero-order chi connectivity index (χ0) is 14.5. The monoisotopic (exact) mass is 258 g/mol. The normalized spacial score (nSPS) is 13.3. The van der Waals surface area contributed by atoms with Gasteiger partial charge in [0.1, 0.15) is 6.04 Å². The van der Waals surface area contributed by atoms with E-state index in [1.807, 2.05) is 13.8 Å². The maximum Gasteiger partial charge on any atom is 0.326 e. The second kappa shape index (κ2) is 6.61. The summed E-state index contributed by atoms with van der Waals surface area (Å²) in [6.07, 6.45) is 1.71. The summed E-state index contributed by atoms with van der Waals surface area (Å²) in [6, 6.07) is -1.08. The highest BCUT2D eigenvalue weighted by Crippen LogP contribution is 2.20. The molecule has 0 bridgehead atoms. The van der Waals surface area contributed by atoms with Crippen LogP contribution < -0.4 is 5.32 Å². The van der Waals surface area contributed by atoms with Crippen molar-refractivity contribution in [3.8, 4) is 0 Å². The SMILES string of the molecule is CCC(CC)N(C)C(=O)N[C@@H](C(=O)O)C(C)(C)C. The van der Waals surface area contributed by atoms with Gasteiger partial charge < -0.3 is 15.3 Å². The molecule has 106 valence electrons. The fourth-order valence-corrected chi connectivity index (χ4v) is 1.88. The summed E-state index contributed by atoms with van der Waals surface area (Å²) in [5.41, 5.74) is -0.518. The van der Waals surface area contributed by atoms with Crippen molar-refractivity contribution < 1.29 is 14.7 Å². The fourth-order valence-electron chi connectivity index (χ4n) is 1.88. The quantitative estimate of drug-likeness (QED) is 0.795. The smallest absolute Gasteiger partial charge is 0.326 e. The minimum atomic E-state index is -1.01. The number of amides is 2. The number of carbonyl (C=O) groups is 2. The van der Waals surface area contributed by atoms with Crippen LogP contribution in [-0.2, 0) is 4.79 Å². The lowest BCUT2D eigenvalue weighted by atomic mass is 9.87. The van der Waals surface area contributed by atoms with Gasteiger partial charge in [0.2, 0.25) is 0 Å². The molecule has 0 radical (unpaired) electrons. The first-order chi connectivity index (χ1) is 8.15. The Bertz CT molecular complexity index is 293. The summed E-state index contributed by atoms with van der Waals surface area (Å²) in [5.74, 6) is -1.01. The van der Waals surface area contributed by atoms with Crippen molar-refractivity contribution in [1.82, 2.24) is 10.2 Å². The van der Waals surface area contributed by atoms with Crippen LogP contribution in [0.1, 0.15) is 47.5 Å². The largest absolute Gasteiger partial charge is 0.480 e. The molecule has 0 aromatic heterocycles. The molecule has 0 unspecified atom stereocenters. The molecule has 0 heterocycles. The first-order valence-corrected chi connectivity index (χ1v) is 6.41. The van der Waals surface area contributed by atoms with E-state index in [1.165, 1.54) is 0 Å². The predicted octanol–water partition coefficient (Wildman–Crippen LogP) is 2.32. The molecule has 0 aliphatic rings. The lowest BCUT2D eigenvalue weighted by Crippen LogP contribution is -2.54. The molecule has 2 amide bonds. The van der Waals surface area contributed by atoms with Gasteiger partial charge in [0.25, 0.3) is 0 Å². The Balaban J connectivity index is 4.76. The highest BCUT2D eigenvalue weighted by atomic mass is 16.4. The molecule has 0 aliphatic heterocycles. The second-order valence-electron chi connectivity index (χ2n) is 5.67. The fraction of sp³-hybridized carbons (Fsp3) is 0.846. The van der Waals surface area contributed by atoms with E-state index in [-0.39, 0.29) is 12.1 Å². The number of hydrogen-bond donors (Lipinski definition) is 2. The third-order valence-electron chi connectivity index (χ3n) is 3.19. The van der Waals surface area contributed by atoms with Crippen molar-refractivity contribution in [2.24, 2.45) is 5.41 Å². The van der Waals surface area contributed by atoms with E-state index in [4.69, 9.17) is 5.11 Å². The van der Waals surface area contributed by atoms with Crippen LogP contribution in [0.15, 0.2) is 0 Å². The Morgan fingerprint density at radius 3 is 1.94 bits per heavy atom. The van der Waals surface area contributed by atoms with Crippen molar-refractivity contribution in [2.45, 2.75) is 59.5 Å². The van der Waals surface area contributed by atoms with Gasteiger partial charge in [-0.1, -0.05) is 34.6 Å². The van der Waals surface area contributed by atoms with Gasteiger partial charge in [-0.15, -0.1) is 0 Å². The van der Waals surface area contributed by atoms with E-state index >= 15 is 0 Å². The second-order valence-corrected chi connectivity index (χ2v) is 5.67. The minimum Gasteiger partial charge on any atom is -0.480 e. The topological polar surface area (TPSA) is 69.6 Å². The Labute approximate surface area is 110 Å². The van der Waals surface area contributed by atoms with Crippen LogP contribution in [0.2, 0.25) is 0 Å². The highest BCUT2D eigenvalue weighted by molar-refractivity contribution is 5.83. The molecule has 0 fully saturated rings. The van der Waals surface area contributed by atoms with Gasteiger partial charge in [-0.25, -0.2) is 9.59 Å². The van der Waals surface area contributed by atoms with E-state index in [9.17, 15) is 9.59 Å². The summed E-state index contributed by atoms with van der Waals surface area (Å²) in [4.78, 5) is 24.8. The Morgan fingerprint density at radius 1 is 1.22 bits per heavy atom. The van der Waals surface area contributed by atoms with Crippen molar-refractivity contribution >= 4 is 12.0 Å². The average molecular weight is 258 g/mol. The van der Waals surface area contributed by atoms with E-state index in [0.717, 1.165) is 12.8 Å². The van der Waals surface area contributed by atoms with Gasteiger partial charge in [0, 0.05) is 13.1 Å². The van der Waals surface area contributed by atoms with Crippen molar-refractivity contribution in [2.75, 3.05) is 7.05 Å². The third kappa shape index (κ3) is 4.55. The highest BCUT2D eigenvalue weighted by Gasteiger charge is 2.33. The van der Waals surface area contributed by atoms with Gasteiger partial charge in [-0.2, -0.15) is 0 Å². The number of rotatable bonds is 5. The molecule has 2 N–H and O–H groups in total. The summed E-state index contributed by atoms with van der Waals surface area (Å²) in [7, 11) is 1.70. The number of hydrogen-bond acceptors (Lipinski definition) is 2. The Kier molecular flexibility index (Phi) is 6.15. The van der Waals surface area contributed by atoms with Gasteiger partial charge in [-0.05, 0) is 18.3 Å². The number of urea groups is 1. The molecule has 1 atom stereocenters. The number of nitrogens with zero attached hydrogens (tertiary/aromatic N) is 1. The molecule has 0 rings (SSSR count). The lowest BCUT2D eigenvalue weighted by Gasteiger charge is -2.32. The van der Waals surface area contributed by atoms with Crippen LogP contribution in [0.25, 0.3) is 0 Å². The van der Waals surface area contributed by atoms with Gasteiger partial charge in [0.15, 0.2) is 0 Å². The Hall–Kier alpha value is -1.26. The van der Waals surface area contributed by atoms with E-state index in [0.29, 0.717) is 0 Å². The zero-order valence-corrected chi connectivity index (χ0v) is 12.3. The maximum atomic E-state index is 12.0. The van der Waals surface area contributed by atoms with Gasteiger partial charge >= 0.3 is 12.0 Å². The molecule has 18 heavy (non-hydrogen) atoms. The van der Waals surface area contributed by atoms with E-state index < -0.39 is 17.4 Å². The average Bonchev–Trinajstić information content (AvgIpc) is 2.24. The first kappa shape index (κ1) is 16.7. The number of carboxylic acids is 1.